The summed E-state index contributed by atoms with van der Waals surface area (Å²) in [5.41, 5.74) is -0.821. The lowest BCUT2D eigenvalue weighted by atomic mass is 10.5. The van der Waals surface area contributed by atoms with Crippen molar-refractivity contribution >= 4 is 26.7 Å². The summed E-state index contributed by atoms with van der Waals surface area (Å²) in [5.74, 6) is -2.14. The van der Waals surface area contributed by atoms with Gasteiger partial charge in [0.05, 0.1) is 13.2 Å². The van der Waals surface area contributed by atoms with Gasteiger partial charge in [0.15, 0.2) is 5.73 Å². The third-order valence-electron chi connectivity index (χ3n) is 2.51. The van der Waals surface area contributed by atoms with E-state index in [4.69, 9.17) is 22.8 Å². The van der Waals surface area contributed by atoms with Crippen LogP contribution in [0.3, 0.4) is 0 Å². The van der Waals surface area contributed by atoms with Crippen LogP contribution in [-0.4, -0.2) is 51.8 Å². The van der Waals surface area contributed by atoms with Crippen molar-refractivity contribution in [1.29, 1.82) is 0 Å². The fourth-order valence-corrected chi connectivity index (χ4v) is 4.24. The highest BCUT2D eigenvalue weighted by molar-refractivity contribution is 6.66. The molecule has 1 heterocycles. The minimum atomic E-state index is -3.98. The Balaban J connectivity index is 2.97. The highest BCUT2D eigenvalue weighted by Gasteiger charge is 2.60. The van der Waals surface area contributed by atoms with Crippen molar-refractivity contribution in [1.82, 2.24) is 0 Å². The van der Waals surface area contributed by atoms with Crippen molar-refractivity contribution in [3.8, 4) is 0 Å². The first-order chi connectivity index (χ1) is 9.79. The summed E-state index contributed by atoms with van der Waals surface area (Å²) < 4.78 is 26.0. The van der Waals surface area contributed by atoms with Crippen LogP contribution in [0.25, 0.3) is 0 Å². The van der Waals surface area contributed by atoms with Crippen molar-refractivity contribution in [3.05, 3.63) is 0 Å². The largest absolute Gasteiger partial charge is 0.735 e. The van der Waals surface area contributed by atoms with Crippen LogP contribution in [0.15, 0.2) is 0 Å². The molecule has 1 fully saturated rings. The van der Waals surface area contributed by atoms with E-state index in [9.17, 15) is 14.4 Å². The second-order valence-electron chi connectivity index (χ2n) is 4.57. The van der Waals surface area contributed by atoms with Crippen molar-refractivity contribution in [2.75, 3.05) is 13.2 Å². The summed E-state index contributed by atoms with van der Waals surface area (Å²) in [5, 5.41) is 0. The predicted octanol–water partition coefficient (Wildman–Crippen LogP) is 0.348. The first-order valence-corrected chi connectivity index (χ1v) is 8.41. The summed E-state index contributed by atoms with van der Waals surface area (Å²) in [4.78, 5) is 34.0. The molecule has 0 N–H and O–H groups in total. The zero-order valence-corrected chi connectivity index (χ0v) is 13.5. The van der Waals surface area contributed by atoms with E-state index < -0.39 is 32.4 Å². The molecule has 2 atom stereocenters. The van der Waals surface area contributed by atoms with E-state index >= 15 is 0 Å². The van der Waals surface area contributed by atoms with Crippen molar-refractivity contribution in [2.24, 2.45) is 0 Å². The van der Waals surface area contributed by atoms with Crippen LogP contribution >= 0.6 is 0 Å². The average molecular weight is 320 g/mol. The molecule has 1 rings (SSSR count). The van der Waals surface area contributed by atoms with E-state index in [1.807, 2.05) is 0 Å². The molecule has 0 bridgehead atoms. The molecule has 0 aromatic carbocycles. The maximum absolute atomic E-state index is 11.3. The maximum atomic E-state index is 11.3. The van der Waals surface area contributed by atoms with Gasteiger partial charge in [-0.3, -0.25) is 14.4 Å². The summed E-state index contributed by atoms with van der Waals surface area (Å²) in [6, 6.07) is 0. The van der Waals surface area contributed by atoms with Gasteiger partial charge in [-0.15, -0.1) is 0 Å². The molecular weight excluding hydrogens is 300 g/mol. The zero-order chi connectivity index (χ0) is 16.0. The van der Waals surface area contributed by atoms with Gasteiger partial charge >= 0.3 is 8.80 Å². The Morgan fingerprint density at radius 1 is 1.10 bits per heavy atom. The molecule has 1 aliphatic rings. The molecule has 21 heavy (non-hydrogen) atoms. The number of hydrogen-bond acceptors (Lipinski definition) is 8. The predicted molar refractivity (Wildman–Crippen MR) is 70.8 cm³/mol. The summed E-state index contributed by atoms with van der Waals surface area (Å²) in [7, 11) is -3.98. The molecule has 0 spiro atoms. The van der Waals surface area contributed by atoms with E-state index in [2.05, 4.69) is 0 Å². The molecule has 0 radical (unpaired) electrons. The number of carbonyl (C=O) groups excluding carboxylic acids is 3. The van der Waals surface area contributed by atoms with Crippen LogP contribution in [0.4, 0.5) is 0 Å². The second kappa shape index (κ2) is 7.53. The number of rotatable bonds is 8. The first-order valence-electron chi connectivity index (χ1n) is 6.61. The summed E-state index contributed by atoms with van der Waals surface area (Å²) in [6.07, 6.45) is 0.310. The minimum Gasteiger partial charge on any atom is -0.454 e. The summed E-state index contributed by atoms with van der Waals surface area (Å²) in [6.45, 7) is 6.01. The van der Waals surface area contributed by atoms with Crippen LogP contribution in [0.1, 0.15) is 34.1 Å². The van der Waals surface area contributed by atoms with Crippen molar-refractivity contribution in [3.63, 3.8) is 0 Å². The molecule has 9 heteroatoms. The van der Waals surface area contributed by atoms with E-state index in [-0.39, 0.29) is 12.7 Å². The average Bonchev–Trinajstić information content (AvgIpc) is 3.10. The molecule has 0 aromatic rings. The molecule has 1 saturated heterocycles. The topological polar surface area (TPSA) is 101 Å². The van der Waals surface area contributed by atoms with Gasteiger partial charge in [-0.2, -0.15) is 0 Å². The SMILES string of the molecule is CCC(OCC1CO1)[Si](OC(C)=O)(OC(C)=O)OC(C)=O. The number of carbonyl (C=O) groups is 3. The van der Waals surface area contributed by atoms with Gasteiger partial charge in [-0.25, -0.2) is 0 Å². The van der Waals surface area contributed by atoms with Crippen LogP contribution in [0.5, 0.6) is 0 Å². The van der Waals surface area contributed by atoms with Crippen molar-refractivity contribution < 1.29 is 37.1 Å². The molecule has 2 unspecified atom stereocenters. The van der Waals surface area contributed by atoms with Crippen LogP contribution in [0.2, 0.25) is 0 Å². The van der Waals surface area contributed by atoms with Gasteiger partial charge in [0.25, 0.3) is 17.9 Å². The van der Waals surface area contributed by atoms with Gasteiger partial charge < -0.3 is 22.8 Å². The van der Waals surface area contributed by atoms with Crippen LogP contribution in [0, 0.1) is 0 Å². The van der Waals surface area contributed by atoms with Gasteiger partial charge in [-0.1, -0.05) is 6.92 Å². The molecule has 120 valence electrons. The lowest BCUT2D eigenvalue weighted by Gasteiger charge is -2.31. The molecule has 0 aliphatic carbocycles. The molecule has 0 aromatic heterocycles. The molecule has 0 amide bonds. The van der Waals surface area contributed by atoms with Crippen molar-refractivity contribution in [2.45, 2.75) is 45.9 Å². The molecule has 8 nitrogen and oxygen atoms in total. The van der Waals surface area contributed by atoms with E-state index in [1.54, 1.807) is 6.92 Å². The number of hydrogen-bond donors (Lipinski definition) is 0. The standard InChI is InChI=1S/C12H20O8Si/c1-5-12(17-7-11-6-16-11)21(18-8(2)13,19-9(3)14)20-10(4)15/h11-12H,5-7H2,1-4H3. The Labute approximate surface area is 124 Å². The highest BCUT2D eigenvalue weighted by Crippen LogP contribution is 2.23. The fraction of sp³-hybridized carbons (Fsp3) is 0.750. The monoisotopic (exact) mass is 320 g/mol. The van der Waals surface area contributed by atoms with Gasteiger partial charge in [0.1, 0.15) is 6.10 Å². The lowest BCUT2D eigenvalue weighted by molar-refractivity contribution is -0.151. The Hall–Kier alpha value is -1.45. The summed E-state index contributed by atoms with van der Waals surface area (Å²) >= 11 is 0. The fourth-order valence-electron chi connectivity index (χ4n) is 1.72. The Morgan fingerprint density at radius 3 is 1.81 bits per heavy atom. The van der Waals surface area contributed by atoms with Gasteiger partial charge in [-0.05, 0) is 6.42 Å². The zero-order valence-electron chi connectivity index (χ0n) is 12.5. The van der Waals surface area contributed by atoms with Gasteiger partial charge in [0, 0.05) is 20.8 Å². The smallest absolute Gasteiger partial charge is 0.454 e. The lowest BCUT2D eigenvalue weighted by Crippen LogP contribution is -2.59. The highest BCUT2D eigenvalue weighted by atomic mass is 28.4. The quantitative estimate of drug-likeness (QED) is 0.466. The number of epoxide rings is 1. The Bertz CT molecular complexity index is 365. The molecular formula is C12H20O8Si. The Morgan fingerprint density at radius 2 is 1.52 bits per heavy atom. The molecule has 0 saturated carbocycles. The molecule has 1 aliphatic heterocycles. The van der Waals surface area contributed by atoms with E-state index in [1.165, 1.54) is 0 Å². The van der Waals surface area contributed by atoms with Crippen LogP contribution in [-0.2, 0) is 37.1 Å². The normalized spacial score (nSPS) is 18.6. The minimum absolute atomic E-state index is 0.0299. The third kappa shape index (κ3) is 5.82. The third-order valence-corrected chi connectivity index (χ3v) is 5.59. The first kappa shape index (κ1) is 17.6. The van der Waals surface area contributed by atoms with E-state index in [0.717, 1.165) is 20.8 Å². The van der Waals surface area contributed by atoms with E-state index in [0.29, 0.717) is 13.0 Å². The Kier molecular flexibility index (Phi) is 6.31. The van der Waals surface area contributed by atoms with Gasteiger partial charge in [0.2, 0.25) is 0 Å². The number of ether oxygens (including phenoxy) is 2. The second-order valence-corrected chi connectivity index (χ2v) is 7.03. The van der Waals surface area contributed by atoms with Crippen LogP contribution < -0.4 is 0 Å². The maximum Gasteiger partial charge on any atom is 0.735 e.